The maximum atomic E-state index is 11.5. The largest absolute Gasteiger partial charge is 0.441 e. The van der Waals surface area contributed by atoms with Gasteiger partial charge in [-0.25, -0.2) is 4.79 Å². The number of hydrogen-bond acceptors (Lipinski definition) is 5. The number of amides is 1. The average molecular weight is 291 g/mol. The Bertz CT molecular complexity index is 463. The normalized spacial score (nSPS) is 35.7. The molecule has 7 heteroatoms. The van der Waals surface area contributed by atoms with Crippen molar-refractivity contribution in [1.29, 1.82) is 0 Å². The van der Waals surface area contributed by atoms with Gasteiger partial charge in [-0.2, -0.15) is 8.42 Å². The van der Waals surface area contributed by atoms with Crippen LogP contribution in [0.5, 0.6) is 0 Å². The Morgan fingerprint density at radius 1 is 1.53 bits per heavy atom. The summed E-state index contributed by atoms with van der Waals surface area (Å²) in [5.74, 6) is 0.472. The van der Waals surface area contributed by atoms with Crippen molar-refractivity contribution in [3.63, 3.8) is 0 Å². The maximum absolute atomic E-state index is 11.5. The molecule has 1 spiro atoms. The zero-order valence-electron chi connectivity index (χ0n) is 11.6. The van der Waals surface area contributed by atoms with Gasteiger partial charge in [-0.15, -0.1) is 0 Å². The summed E-state index contributed by atoms with van der Waals surface area (Å²) >= 11 is 0. The summed E-state index contributed by atoms with van der Waals surface area (Å²) in [4.78, 5) is 13.1. The summed E-state index contributed by atoms with van der Waals surface area (Å²) in [6.07, 6.45) is 3.15. The molecule has 1 saturated carbocycles. The Morgan fingerprint density at radius 3 is 2.68 bits per heavy atom. The van der Waals surface area contributed by atoms with Crippen LogP contribution in [0, 0.1) is 11.8 Å². The first-order valence-corrected chi connectivity index (χ1v) is 8.31. The molecular weight excluding hydrogens is 270 g/mol. The molecule has 0 aromatic rings. The van der Waals surface area contributed by atoms with Crippen molar-refractivity contribution >= 4 is 16.2 Å². The lowest BCUT2D eigenvalue weighted by molar-refractivity contribution is -0.0160. The number of carbonyl (C=O) groups excluding carboxylic acids is 1. The van der Waals surface area contributed by atoms with Gasteiger partial charge in [0, 0.05) is 7.05 Å². The first kappa shape index (κ1) is 14.6. The van der Waals surface area contributed by atoms with Crippen LogP contribution < -0.4 is 0 Å². The number of carbonyl (C=O) groups is 1. The second-order valence-corrected chi connectivity index (χ2v) is 7.52. The molecule has 2 aliphatic rings. The molecule has 6 nitrogen and oxygen atoms in total. The Kier molecular flexibility index (Phi) is 3.79. The molecule has 110 valence electrons. The van der Waals surface area contributed by atoms with E-state index in [1.807, 2.05) is 0 Å². The molecule has 1 heterocycles. The Balaban J connectivity index is 1.93. The van der Waals surface area contributed by atoms with Crippen molar-refractivity contribution in [3.8, 4) is 0 Å². The molecule has 1 aliphatic carbocycles. The number of ether oxygens (including phenoxy) is 1. The van der Waals surface area contributed by atoms with E-state index in [2.05, 4.69) is 6.92 Å². The minimum Gasteiger partial charge on any atom is -0.441 e. The molecular formula is C12H21NO5S. The van der Waals surface area contributed by atoms with Crippen LogP contribution in [0.1, 0.15) is 26.2 Å². The van der Waals surface area contributed by atoms with Crippen LogP contribution in [0.3, 0.4) is 0 Å². The van der Waals surface area contributed by atoms with E-state index >= 15 is 0 Å². The van der Waals surface area contributed by atoms with Gasteiger partial charge in [0.15, 0.2) is 0 Å². The molecule has 1 amide bonds. The molecule has 1 aliphatic heterocycles. The lowest BCUT2D eigenvalue weighted by atomic mass is 9.72. The molecule has 1 saturated heterocycles. The Hall–Kier alpha value is -0.820. The monoisotopic (exact) mass is 291 g/mol. The zero-order chi connectivity index (χ0) is 14.3. The van der Waals surface area contributed by atoms with Gasteiger partial charge >= 0.3 is 6.09 Å². The van der Waals surface area contributed by atoms with Gasteiger partial charge in [-0.05, 0) is 31.1 Å². The van der Waals surface area contributed by atoms with Gasteiger partial charge < -0.3 is 9.64 Å². The smallest absolute Gasteiger partial charge is 0.410 e. The van der Waals surface area contributed by atoms with E-state index in [9.17, 15) is 13.2 Å². The van der Waals surface area contributed by atoms with E-state index in [0.717, 1.165) is 25.5 Å². The number of nitrogens with zero attached hydrogens (tertiary/aromatic N) is 1. The van der Waals surface area contributed by atoms with Gasteiger partial charge in [0.25, 0.3) is 10.1 Å². The lowest BCUT2D eigenvalue weighted by Crippen LogP contribution is -2.42. The van der Waals surface area contributed by atoms with Crippen LogP contribution in [0.2, 0.25) is 0 Å². The average Bonchev–Trinajstić information content (AvgIpc) is 2.51. The topological polar surface area (TPSA) is 72.9 Å². The fraction of sp³-hybridized carbons (Fsp3) is 0.917. The van der Waals surface area contributed by atoms with E-state index < -0.39 is 10.1 Å². The highest BCUT2D eigenvalue weighted by molar-refractivity contribution is 7.85. The number of likely N-dealkylation sites (N-methyl/N-ethyl adjacent to an activating group) is 1. The van der Waals surface area contributed by atoms with Crippen LogP contribution in [0.4, 0.5) is 4.79 Å². The highest BCUT2D eigenvalue weighted by Gasteiger charge is 2.48. The van der Waals surface area contributed by atoms with Crippen molar-refractivity contribution in [2.24, 2.45) is 11.8 Å². The summed E-state index contributed by atoms with van der Waals surface area (Å²) in [7, 11) is -1.65. The third-order valence-electron chi connectivity index (χ3n) is 4.11. The van der Waals surface area contributed by atoms with E-state index in [4.69, 9.17) is 8.92 Å². The first-order chi connectivity index (χ1) is 8.71. The molecule has 0 bridgehead atoms. The Labute approximate surface area is 114 Å². The molecule has 2 fully saturated rings. The van der Waals surface area contributed by atoms with Crippen molar-refractivity contribution in [3.05, 3.63) is 0 Å². The van der Waals surface area contributed by atoms with Gasteiger partial charge in [-0.1, -0.05) is 6.92 Å². The minimum absolute atomic E-state index is 0.199. The number of rotatable bonds is 3. The van der Waals surface area contributed by atoms with Crippen LogP contribution in [-0.2, 0) is 19.0 Å². The van der Waals surface area contributed by atoms with Gasteiger partial charge in [0.1, 0.15) is 5.60 Å². The summed E-state index contributed by atoms with van der Waals surface area (Å²) in [5, 5.41) is 0. The van der Waals surface area contributed by atoms with Crippen LogP contribution >= 0.6 is 0 Å². The predicted molar refractivity (Wildman–Crippen MR) is 69.1 cm³/mol. The lowest BCUT2D eigenvalue weighted by Gasteiger charge is -2.39. The van der Waals surface area contributed by atoms with Crippen LogP contribution in [0.15, 0.2) is 0 Å². The molecule has 3 unspecified atom stereocenters. The van der Waals surface area contributed by atoms with Crippen LogP contribution in [0.25, 0.3) is 0 Å². The van der Waals surface area contributed by atoms with E-state index in [-0.39, 0.29) is 30.1 Å². The fourth-order valence-electron chi connectivity index (χ4n) is 3.08. The molecule has 0 N–H and O–H groups in total. The van der Waals surface area contributed by atoms with Crippen molar-refractivity contribution in [1.82, 2.24) is 4.90 Å². The highest BCUT2D eigenvalue weighted by atomic mass is 32.2. The standard InChI is InChI=1S/C12H21NO5S/c1-9-6-12(8-13(2)11(14)18-12)5-4-10(9)7-17-19(3,15)16/h9-10H,4-8H2,1-3H3. The minimum atomic E-state index is -3.39. The summed E-state index contributed by atoms with van der Waals surface area (Å²) in [5.41, 5.74) is -0.382. The van der Waals surface area contributed by atoms with Crippen molar-refractivity contribution < 1.29 is 22.1 Å². The van der Waals surface area contributed by atoms with Crippen LogP contribution in [-0.4, -0.2) is 51.5 Å². The molecule has 0 aromatic carbocycles. The predicted octanol–water partition coefficient (Wildman–Crippen LogP) is 1.22. The third kappa shape index (κ3) is 3.39. The van der Waals surface area contributed by atoms with E-state index in [1.165, 1.54) is 0 Å². The fourth-order valence-corrected chi connectivity index (χ4v) is 3.50. The quantitative estimate of drug-likeness (QED) is 0.731. The first-order valence-electron chi connectivity index (χ1n) is 6.49. The third-order valence-corrected chi connectivity index (χ3v) is 4.67. The highest BCUT2D eigenvalue weighted by Crippen LogP contribution is 2.42. The maximum Gasteiger partial charge on any atom is 0.410 e. The molecule has 0 aromatic heterocycles. The Morgan fingerprint density at radius 2 is 2.21 bits per heavy atom. The number of hydrogen-bond donors (Lipinski definition) is 0. The van der Waals surface area contributed by atoms with E-state index in [0.29, 0.717) is 6.54 Å². The summed E-state index contributed by atoms with van der Waals surface area (Å²) in [6.45, 7) is 2.90. The molecule has 19 heavy (non-hydrogen) atoms. The molecule has 2 rings (SSSR count). The van der Waals surface area contributed by atoms with Crippen molar-refractivity contribution in [2.75, 3.05) is 26.5 Å². The van der Waals surface area contributed by atoms with Gasteiger partial charge in [-0.3, -0.25) is 4.18 Å². The molecule has 3 atom stereocenters. The second-order valence-electron chi connectivity index (χ2n) is 5.88. The van der Waals surface area contributed by atoms with Gasteiger partial charge in [0.2, 0.25) is 0 Å². The van der Waals surface area contributed by atoms with Crippen molar-refractivity contribution in [2.45, 2.75) is 31.8 Å². The SMILES string of the molecule is CC1CC2(CCC1COS(C)(=O)=O)CN(C)C(=O)O2. The second kappa shape index (κ2) is 4.94. The molecule has 0 radical (unpaired) electrons. The van der Waals surface area contributed by atoms with E-state index in [1.54, 1.807) is 11.9 Å². The van der Waals surface area contributed by atoms with Gasteiger partial charge in [0.05, 0.1) is 19.4 Å². The summed E-state index contributed by atoms with van der Waals surface area (Å²) < 4.78 is 32.4. The summed E-state index contributed by atoms with van der Waals surface area (Å²) in [6, 6.07) is 0. The zero-order valence-corrected chi connectivity index (χ0v) is 12.4.